The molecule has 3 unspecified atom stereocenters. The van der Waals surface area contributed by atoms with Crippen LogP contribution < -0.4 is 0 Å². The van der Waals surface area contributed by atoms with Crippen LogP contribution >= 0.6 is 0 Å². The molecule has 0 radical (unpaired) electrons. The van der Waals surface area contributed by atoms with E-state index in [4.69, 9.17) is 9.47 Å². The molecular weight excluding hydrogens is 166 g/mol. The van der Waals surface area contributed by atoms with Gasteiger partial charge < -0.3 is 9.47 Å². The lowest BCUT2D eigenvalue weighted by Gasteiger charge is -2.31. The zero-order chi connectivity index (χ0) is 9.26. The smallest absolute Gasteiger partial charge is 0.0706 e. The van der Waals surface area contributed by atoms with E-state index in [1.54, 1.807) is 7.11 Å². The van der Waals surface area contributed by atoms with Gasteiger partial charge in [0.15, 0.2) is 0 Å². The Balaban J connectivity index is 1.81. The van der Waals surface area contributed by atoms with Gasteiger partial charge in [0.2, 0.25) is 0 Å². The second kappa shape index (κ2) is 3.95. The van der Waals surface area contributed by atoms with Crippen LogP contribution in [0.4, 0.5) is 0 Å². The average Bonchev–Trinajstić information content (AvgIpc) is 2.46. The number of hydrogen-bond donors (Lipinski definition) is 0. The molecule has 0 aliphatic carbocycles. The van der Waals surface area contributed by atoms with Crippen LogP contribution in [0.3, 0.4) is 0 Å². The van der Waals surface area contributed by atoms with Gasteiger partial charge in [-0.05, 0) is 19.3 Å². The summed E-state index contributed by atoms with van der Waals surface area (Å²) in [5.41, 5.74) is 0. The molecule has 13 heavy (non-hydrogen) atoms. The molecule has 2 aliphatic rings. The summed E-state index contributed by atoms with van der Waals surface area (Å²) >= 11 is 0. The van der Waals surface area contributed by atoms with E-state index in [1.165, 1.54) is 13.0 Å². The van der Waals surface area contributed by atoms with Crippen molar-refractivity contribution < 1.29 is 9.47 Å². The Bertz CT molecular complexity index is 162. The van der Waals surface area contributed by atoms with Crippen molar-refractivity contribution in [3.05, 3.63) is 0 Å². The van der Waals surface area contributed by atoms with E-state index in [1.807, 2.05) is 0 Å². The van der Waals surface area contributed by atoms with Gasteiger partial charge in [0.25, 0.3) is 0 Å². The van der Waals surface area contributed by atoms with Crippen molar-refractivity contribution in [1.29, 1.82) is 0 Å². The second-order valence-electron chi connectivity index (χ2n) is 4.32. The molecule has 3 heteroatoms. The van der Waals surface area contributed by atoms with E-state index in [2.05, 4.69) is 11.8 Å². The van der Waals surface area contributed by atoms with Crippen LogP contribution in [0.15, 0.2) is 0 Å². The van der Waals surface area contributed by atoms with Crippen molar-refractivity contribution in [2.24, 2.45) is 5.92 Å². The van der Waals surface area contributed by atoms with Crippen LogP contribution in [-0.4, -0.2) is 50.5 Å². The first-order chi connectivity index (χ1) is 6.28. The van der Waals surface area contributed by atoms with Gasteiger partial charge >= 0.3 is 0 Å². The van der Waals surface area contributed by atoms with Crippen molar-refractivity contribution >= 4 is 0 Å². The molecule has 2 saturated heterocycles. The molecule has 0 aromatic rings. The minimum atomic E-state index is 0.345. The van der Waals surface area contributed by atoms with E-state index in [-0.39, 0.29) is 0 Å². The minimum absolute atomic E-state index is 0.345. The fourth-order valence-electron chi connectivity index (χ4n) is 2.35. The van der Waals surface area contributed by atoms with Gasteiger partial charge in [0.05, 0.1) is 18.8 Å². The molecule has 3 nitrogen and oxygen atoms in total. The maximum absolute atomic E-state index is 5.64. The summed E-state index contributed by atoms with van der Waals surface area (Å²) in [6.07, 6.45) is 2.12. The van der Waals surface area contributed by atoms with Crippen molar-refractivity contribution in [2.45, 2.75) is 25.6 Å². The second-order valence-corrected chi connectivity index (χ2v) is 4.32. The van der Waals surface area contributed by atoms with Crippen molar-refractivity contribution in [1.82, 2.24) is 4.90 Å². The van der Waals surface area contributed by atoms with Crippen molar-refractivity contribution in [3.8, 4) is 0 Å². The summed E-state index contributed by atoms with van der Waals surface area (Å²) in [7, 11) is 1.78. The minimum Gasteiger partial charge on any atom is -0.380 e. The highest BCUT2D eigenvalue weighted by Crippen LogP contribution is 2.26. The summed E-state index contributed by atoms with van der Waals surface area (Å²) in [4.78, 5) is 2.47. The van der Waals surface area contributed by atoms with E-state index >= 15 is 0 Å². The highest BCUT2D eigenvalue weighted by atomic mass is 16.5. The third kappa shape index (κ3) is 2.22. The van der Waals surface area contributed by atoms with E-state index in [0.717, 1.165) is 25.6 Å². The van der Waals surface area contributed by atoms with Crippen molar-refractivity contribution in [2.75, 3.05) is 33.4 Å². The molecule has 76 valence electrons. The monoisotopic (exact) mass is 185 g/mol. The number of methoxy groups -OCH3 is 1. The molecule has 0 amide bonds. The molecule has 0 aromatic carbocycles. The average molecular weight is 185 g/mol. The Morgan fingerprint density at radius 2 is 2.38 bits per heavy atom. The van der Waals surface area contributed by atoms with Crippen LogP contribution in [0.25, 0.3) is 0 Å². The maximum atomic E-state index is 5.64. The lowest BCUT2D eigenvalue weighted by atomic mass is 10.00. The number of hydrogen-bond acceptors (Lipinski definition) is 3. The van der Waals surface area contributed by atoms with Crippen LogP contribution in [0, 0.1) is 5.92 Å². The lowest BCUT2D eigenvalue weighted by molar-refractivity contribution is 0.0426. The Labute approximate surface area is 80.0 Å². The zero-order valence-corrected chi connectivity index (χ0v) is 8.53. The molecule has 2 rings (SSSR count). The molecule has 2 heterocycles. The SMILES string of the molecule is COC(C)CN1CC2COC(C2)C1. The third-order valence-corrected chi connectivity index (χ3v) is 3.06. The zero-order valence-electron chi connectivity index (χ0n) is 8.53. The lowest BCUT2D eigenvalue weighted by Crippen LogP contribution is -2.42. The van der Waals surface area contributed by atoms with Crippen molar-refractivity contribution in [3.63, 3.8) is 0 Å². The van der Waals surface area contributed by atoms with Gasteiger partial charge in [-0.1, -0.05) is 0 Å². The van der Waals surface area contributed by atoms with E-state index in [0.29, 0.717) is 12.2 Å². The molecule has 0 spiro atoms. The predicted molar refractivity (Wildman–Crippen MR) is 50.8 cm³/mol. The number of nitrogens with zero attached hydrogens (tertiary/aromatic N) is 1. The van der Waals surface area contributed by atoms with Crippen LogP contribution in [-0.2, 0) is 9.47 Å². The highest BCUT2D eigenvalue weighted by Gasteiger charge is 2.33. The maximum Gasteiger partial charge on any atom is 0.0706 e. The molecule has 2 bridgehead atoms. The van der Waals surface area contributed by atoms with E-state index in [9.17, 15) is 0 Å². The molecule has 2 aliphatic heterocycles. The normalized spacial score (nSPS) is 36.5. The van der Waals surface area contributed by atoms with E-state index < -0.39 is 0 Å². The van der Waals surface area contributed by atoms with Gasteiger partial charge in [0.1, 0.15) is 0 Å². The Hall–Kier alpha value is -0.120. The summed E-state index contributed by atoms with van der Waals surface area (Å²) in [5.74, 6) is 0.780. The molecule has 0 aromatic heterocycles. The number of ether oxygens (including phenoxy) is 2. The standard InChI is InChI=1S/C10H19NO2/c1-8(12-2)4-11-5-9-3-10(6-11)13-7-9/h8-10H,3-7H2,1-2H3. The summed E-state index contributed by atoms with van der Waals surface area (Å²) in [6.45, 7) is 6.45. The number of piperidine rings is 1. The fraction of sp³-hybridized carbons (Fsp3) is 1.00. The van der Waals surface area contributed by atoms with Gasteiger partial charge in [-0.2, -0.15) is 0 Å². The first-order valence-electron chi connectivity index (χ1n) is 5.14. The Kier molecular flexibility index (Phi) is 2.86. The van der Waals surface area contributed by atoms with Gasteiger partial charge in [-0.15, -0.1) is 0 Å². The third-order valence-electron chi connectivity index (χ3n) is 3.06. The van der Waals surface area contributed by atoms with Gasteiger partial charge in [-0.25, -0.2) is 0 Å². The fourth-order valence-corrected chi connectivity index (χ4v) is 2.35. The Morgan fingerprint density at radius 3 is 3.08 bits per heavy atom. The summed E-state index contributed by atoms with van der Waals surface area (Å²) in [6, 6.07) is 0. The van der Waals surface area contributed by atoms with Crippen LogP contribution in [0.1, 0.15) is 13.3 Å². The summed E-state index contributed by atoms with van der Waals surface area (Å²) in [5, 5.41) is 0. The Morgan fingerprint density at radius 1 is 1.54 bits per heavy atom. The largest absolute Gasteiger partial charge is 0.380 e. The molecule has 2 fully saturated rings. The number of rotatable bonds is 3. The summed E-state index contributed by atoms with van der Waals surface area (Å²) < 4.78 is 10.9. The number of likely N-dealkylation sites (tertiary alicyclic amines) is 1. The first-order valence-corrected chi connectivity index (χ1v) is 5.14. The highest BCUT2D eigenvalue weighted by molar-refractivity contribution is 4.85. The molecule has 0 N–H and O–H groups in total. The molecule has 3 atom stereocenters. The molecule has 0 saturated carbocycles. The van der Waals surface area contributed by atoms with Crippen LogP contribution in [0.5, 0.6) is 0 Å². The topological polar surface area (TPSA) is 21.7 Å². The van der Waals surface area contributed by atoms with Gasteiger partial charge in [0, 0.05) is 26.7 Å². The number of fused-ring (bicyclic) bond motifs is 2. The van der Waals surface area contributed by atoms with Gasteiger partial charge in [-0.3, -0.25) is 4.90 Å². The molecular formula is C10H19NO2. The van der Waals surface area contributed by atoms with Crippen LogP contribution in [0.2, 0.25) is 0 Å². The quantitative estimate of drug-likeness (QED) is 0.647. The first kappa shape index (κ1) is 9.44. The predicted octanol–water partition coefficient (Wildman–Crippen LogP) is 0.742.